The number of hydrogen-bond donors (Lipinski definition) is 0. The number of hydrogen-bond acceptors (Lipinski definition) is 3. The molecule has 1 saturated carbocycles. The molecule has 0 amide bonds. The van der Waals surface area contributed by atoms with E-state index in [1.165, 1.54) is 25.3 Å². The smallest absolute Gasteiger partial charge is 0.331 e. The van der Waals surface area contributed by atoms with Crippen molar-refractivity contribution in [1.29, 1.82) is 0 Å². The van der Waals surface area contributed by atoms with Crippen LogP contribution in [0.15, 0.2) is 30.3 Å². The Morgan fingerprint density at radius 1 is 1.16 bits per heavy atom. The lowest BCUT2D eigenvalue weighted by molar-refractivity contribution is -0.144. The topological polar surface area (TPSA) is 35.5 Å². The SMILES string of the molecule is COc1ccc(C=CC(=O)OC2CCCCC2)cc1. The molecule has 102 valence electrons. The van der Waals surface area contributed by atoms with Crippen LogP contribution in [0.2, 0.25) is 0 Å². The Morgan fingerprint density at radius 2 is 1.84 bits per heavy atom. The minimum atomic E-state index is -0.247. The zero-order chi connectivity index (χ0) is 13.5. The predicted molar refractivity (Wildman–Crippen MR) is 75.0 cm³/mol. The van der Waals surface area contributed by atoms with E-state index in [2.05, 4.69) is 0 Å². The highest BCUT2D eigenvalue weighted by atomic mass is 16.5. The van der Waals surface area contributed by atoms with E-state index >= 15 is 0 Å². The summed E-state index contributed by atoms with van der Waals surface area (Å²) in [4.78, 5) is 11.7. The van der Waals surface area contributed by atoms with Crippen molar-refractivity contribution in [2.24, 2.45) is 0 Å². The fourth-order valence-electron chi connectivity index (χ4n) is 2.27. The van der Waals surface area contributed by atoms with Crippen LogP contribution in [0.4, 0.5) is 0 Å². The first kappa shape index (κ1) is 13.7. The average molecular weight is 260 g/mol. The molecule has 3 heteroatoms. The largest absolute Gasteiger partial charge is 0.497 e. The van der Waals surface area contributed by atoms with Gasteiger partial charge in [0, 0.05) is 6.08 Å². The molecule has 19 heavy (non-hydrogen) atoms. The maximum absolute atomic E-state index is 11.7. The second-order valence-electron chi connectivity index (χ2n) is 4.80. The van der Waals surface area contributed by atoms with Crippen LogP contribution in [-0.4, -0.2) is 19.2 Å². The second-order valence-corrected chi connectivity index (χ2v) is 4.80. The Balaban J connectivity index is 1.84. The highest BCUT2D eigenvalue weighted by Gasteiger charge is 2.16. The van der Waals surface area contributed by atoms with E-state index in [1.54, 1.807) is 13.2 Å². The van der Waals surface area contributed by atoms with Crippen LogP contribution in [0, 0.1) is 0 Å². The average Bonchev–Trinajstić information content (AvgIpc) is 2.47. The fraction of sp³-hybridized carbons (Fsp3) is 0.438. The van der Waals surface area contributed by atoms with Crippen LogP contribution < -0.4 is 4.74 Å². The van der Waals surface area contributed by atoms with E-state index < -0.39 is 0 Å². The third-order valence-electron chi connectivity index (χ3n) is 3.36. The van der Waals surface area contributed by atoms with Gasteiger partial charge in [-0.15, -0.1) is 0 Å². The number of benzene rings is 1. The van der Waals surface area contributed by atoms with Crippen molar-refractivity contribution >= 4 is 12.0 Å². The lowest BCUT2D eigenvalue weighted by atomic mass is 9.98. The van der Waals surface area contributed by atoms with Crippen LogP contribution in [0.25, 0.3) is 6.08 Å². The Labute approximate surface area is 114 Å². The highest BCUT2D eigenvalue weighted by Crippen LogP contribution is 2.20. The van der Waals surface area contributed by atoms with E-state index in [0.29, 0.717) is 0 Å². The summed E-state index contributed by atoms with van der Waals surface area (Å²) in [5, 5.41) is 0. The summed E-state index contributed by atoms with van der Waals surface area (Å²) in [7, 11) is 1.63. The normalized spacial score (nSPS) is 16.5. The summed E-state index contributed by atoms with van der Waals surface area (Å²) in [6, 6.07) is 7.55. The third kappa shape index (κ3) is 4.43. The molecule has 3 nitrogen and oxygen atoms in total. The zero-order valence-corrected chi connectivity index (χ0v) is 11.3. The summed E-state index contributed by atoms with van der Waals surface area (Å²) in [6.07, 6.45) is 8.98. The number of rotatable bonds is 4. The standard InChI is InChI=1S/C16H20O3/c1-18-14-10-7-13(8-11-14)9-12-16(17)19-15-5-3-2-4-6-15/h7-12,15H,2-6H2,1H3. The molecule has 0 spiro atoms. The third-order valence-corrected chi connectivity index (χ3v) is 3.36. The molecule has 0 aromatic heterocycles. The van der Waals surface area contributed by atoms with Crippen molar-refractivity contribution in [3.63, 3.8) is 0 Å². The van der Waals surface area contributed by atoms with Crippen molar-refractivity contribution < 1.29 is 14.3 Å². The van der Waals surface area contributed by atoms with Gasteiger partial charge in [-0.1, -0.05) is 18.6 Å². The maximum atomic E-state index is 11.7. The van der Waals surface area contributed by atoms with Gasteiger partial charge in [-0.3, -0.25) is 0 Å². The van der Waals surface area contributed by atoms with E-state index in [-0.39, 0.29) is 12.1 Å². The summed E-state index contributed by atoms with van der Waals surface area (Å²) in [5.74, 6) is 0.560. The van der Waals surface area contributed by atoms with E-state index in [0.717, 1.165) is 24.2 Å². The molecular weight excluding hydrogens is 240 g/mol. The molecule has 0 atom stereocenters. The van der Waals surface area contributed by atoms with Gasteiger partial charge in [0.15, 0.2) is 0 Å². The molecule has 0 heterocycles. The van der Waals surface area contributed by atoms with Crippen molar-refractivity contribution in [3.05, 3.63) is 35.9 Å². The Morgan fingerprint density at radius 3 is 2.47 bits per heavy atom. The van der Waals surface area contributed by atoms with Gasteiger partial charge in [-0.2, -0.15) is 0 Å². The quantitative estimate of drug-likeness (QED) is 0.613. The molecule has 0 unspecified atom stereocenters. The van der Waals surface area contributed by atoms with Crippen LogP contribution in [0.3, 0.4) is 0 Å². The van der Waals surface area contributed by atoms with E-state index in [4.69, 9.17) is 9.47 Å². The van der Waals surface area contributed by atoms with Crippen molar-refractivity contribution in [3.8, 4) is 5.75 Å². The Bertz CT molecular complexity index is 428. The number of methoxy groups -OCH3 is 1. The number of ether oxygens (including phenoxy) is 2. The highest BCUT2D eigenvalue weighted by molar-refractivity contribution is 5.87. The van der Waals surface area contributed by atoms with Gasteiger partial charge in [-0.25, -0.2) is 4.79 Å². The summed E-state index contributed by atoms with van der Waals surface area (Å²) < 4.78 is 10.5. The minimum absolute atomic E-state index is 0.113. The molecular formula is C16H20O3. The van der Waals surface area contributed by atoms with Crippen molar-refractivity contribution in [1.82, 2.24) is 0 Å². The number of carbonyl (C=O) groups excluding carboxylic acids is 1. The molecule has 0 bridgehead atoms. The second kappa shape index (κ2) is 6.98. The van der Waals surface area contributed by atoms with Gasteiger partial charge in [0.2, 0.25) is 0 Å². The van der Waals surface area contributed by atoms with Gasteiger partial charge in [0.1, 0.15) is 11.9 Å². The van der Waals surface area contributed by atoms with Gasteiger partial charge in [0.25, 0.3) is 0 Å². The first-order chi connectivity index (χ1) is 9.28. The van der Waals surface area contributed by atoms with Gasteiger partial charge in [-0.05, 0) is 49.5 Å². The zero-order valence-electron chi connectivity index (χ0n) is 11.3. The first-order valence-corrected chi connectivity index (χ1v) is 6.80. The minimum Gasteiger partial charge on any atom is -0.497 e. The monoisotopic (exact) mass is 260 g/mol. The maximum Gasteiger partial charge on any atom is 0.331 e. The molecule has 2 rings (SSSR count). The molecule has 0 aliphatic heterocycles. The molecule has 1 aromatic carbocycles. The molecule has 0 radical (unpaired) electrons. The van der Waals surface area contributed by atoms with Crippen molar-refractivity contribution in [2.75, 3.05) is 7.11 Å². The van der Waals surface area contributed by atoms with Gasteiger partial charge >= 0.3 is 5.97 Å². The Hall–Kier alpha value is -1.77. The van der Waals surface area contributed by atoms with Crippen LogP contribution in [0.5, 0.6) is 5.75 Å². The molecule has 0 N–H and O–H groups in total. The lowest BCUT2D eigenvalue weighted by Gasteiger charge is -2.20. The molecule has 1 aliphatic carbocycles. The van der Waals surface area contributed by atoms with Crippen LogP contribution in [-0.2, 0) is 9.53 Å². The predicted octanol–water partition coefficient (Wildman–Crippen LogP) is 3.58. The van der Waals surface area contributed by atoms with E-state index in [9.17, 15) is 4.79 Å². The number of esters is 1. The van der Waals surface area contributed by atoms with Crippen molar-refractivity contribution in [2.45, 2.75) is 38.2 Å². The van der Waals surface area contributed by atoms with Gasteiger partial charge in [0.05, 0.1) is 7.11 Å². The van der Waals surface area contributed by atoms with Crippen LogP contribution in [0.1, 0.15) is 37.7 Å². The summed E-state index contributed by atoms with van der Waals surface area (Å²) in [5.41, 5.74) is 0.960. The lowest BCUT2D eigenvalue weighted by Crippen LogP contribution is -2.19. The number of carbonyl (C=O) groups is 1. The van der Waals surface area contributed by atoms with E-state index in [1.807, 2.05) is 24.3 Å². The molecule has 1 aliphatic rings. The van der Waals surface area contributed by atoms with Gasteiger partial charge < -0.3 is 9.47 Å². The molecule has 1 fully saturated rings. The summed E-state index contributed by atoms with van der Waals surface area (Å²) >= 11 is 0. The van der Waals surface area contributed by atoms with Crippen LogP contribution >= 0.6 is 0 Å². The summed E-state index contributed by atoms with van der Waals surface area (Å²) in [6.45, 7) is 0. The Kier molecular flexibility index (Phi) is 5.01. The fourth-order valence-corrected chi connectivity index (χ4v) is 2.27. The molecule has 1 aromatic rings. The molecule has 0 saturated heterocycles. The first-order valence-electron chi connectivity index (χ1n) is 6.80.